The van der Waals surface area contributed by atoms with E-state index in [9.17, 15) is 9.59 Å². The number of methoxy groups -OCH3 is 1. The van der Waals surface area contributed by atoms with Crippen molar-refractivity contribution in [1.29, 1.82) is 0 Å². The van der Waals surface area contributed by atoms with Crippen molar-refractivity contribution in [2.75, 3.05) is 7.11 Å². The first-order chi connectivity index (χ1) is 7.17. The van der Waals surface area contributed by atoms with Crippen LogP contribution in [-0.4, -0.2) is 25.0 Å². The van der Waals surface area contributed by atoms with Gasteiger partial charge in [-0.15, -0.1) is 0 Å². The highest BCUT2D eigenvalue weighted by Crippen LogP contribution is 2.26. The van der Waals surface area contributed by atoms with Gasteiger partial charge in [-0.25, -0.2) is 4.79 Å². The minimum atomic E-state index is -0.555. The molecule has 0 saturated carbocycles. The third kappa shape index (κ3) is 5.73. The molecule has 16 heavy (non-hydrogen) atoms. The summed E-state index contributed by atoms with van der Waals surface area (Å²) in [5, 5.41) is 2.58. The predicted octanol–water partition coefficient (Wildman–Crippen LogP) is 2.37. The molecule has 0 radical (unpaired) electrons. The Labute approximate surface area is 97.7 Å². The van der Waals surface area contributed by atoms with Crippen LogP contribution in [0, 0.1) is 11.3 Å². The molecule has 2 atom stereocenters. The van der Waals surface area contributed by atoms with Gasteiger partial charge in [0.25, 0.3) is 0 Å². The molecule has 0 unspecified atom stereocenters. The molecule has 94 valence electrons. The van der Waals surface area contributed by atoms with Crippen LogP contribution in [-0.2, 0) is 9.53 Å². The first kappa shape index (κ1) is 14.9. The van der Waals surface area contributed by atoms with Gasteiger partial charge in [-0.05, 0) is 24.7 Å². The van der Waals surface area contributed by atoms with Crippen LogP contribution in [0.15, 0.2) is 0 Å². The third-order valence-corrected chi connectivity index (χ3v) is 2.40. The molecule has 0 rings (SSSR count). The predicted molar refractivity (Wildman–Crippen MR) is 63.2 cm³/mol. The second-order valence-corrected chi connectivity index (χ2v) is 5.47. The fraction of sp³-hybridized carbons (Fsp3) is 0.833. The second-order valence-electron chi connectivity index (χ2n) is 5.47. The number of hydrogen-bond donors (Lipinski definition) is 1. The van der Waals surface area contributed by atoms with Gasteiger partial charge in [-0.3, -0.25) is 4.79 Å². The van der Waals surface area contributed by atoms with E-state index < -0.39 is 12.1 Å². The van der Waals surface area contributed by atoms with E-state index in [1.54, 1.807) is 0 Å². The van der Waals surface area contributed by atoms with Crippen LogP contribution in [0.2, 0.25) is 0 Å². The minimum Gasteiger partial charge on any atom is -0.453 e. The van der Waals surface area contributed by atoms with E-state index in [2.05, 4.69) is 30.8 Å². The zero-order valence-electron chi connectivity index (χ0n) is 11.1. The second kappa shape index (κ2) is 5.87. The van der Waals surface area contributed by atoms with Crippen molar-refractivity contribution >= 4 is 11.9 Å². The summed E-state index contributed by atoms with van der Waals surface area (Å²) in [5.41, 5.74) is 0.130. The van der Waals surface area contributed by atoms with Crippen LogP contribution in [0.25, 0.3) is 0 Å². The summed E-state index contributed by atoms with van der Waals surface area (Å²) in [6, 6.07) is -0.466. The minimum absolute atomic E-state index is 0.0397. The molecule has 1 N–H and O–H groups in total. The molecule has 1 amide bonds. The average molecular weight is 229 g/mol. The van der Waals surface area contributed by atoms with Crippen molar-refractivity contribution in [3.05, 3.63) is 0 Å². The van der Waals surface area contributed by atoms with Crippen molar-refractivity contribution in [2.24, 2.45) is 11.3 Å². The monoisotopic (exact) mass is 229 g/mol. The number of nitrogens with one attached hydrogen (secondary N) is 1. The van der Waals surface area contributed by atoms with E-state index in [1.165, 1.54) is 14.0 Å². The quantitative estimate of drug-likeness (QED) is 0.805. The number of Topliss-reactive ketones (excluding diaryl/α,β-unsaturated/α-hetero) is 1. The molecule has 0 aromatic rings. The molecule has 4 heteroatoms. The Kier molecular flexibility index (Phi) is 5.48. The van der Waals surface area contributed by atoms with E-state index in [4.69, 9.17) is 0 Å². The zero-order valence-corrected chi connectivity index (χ0v) is 11.1. The topological polar surface area (TPSA) is 55.4 Å². The molecular formula is C12H23NO3. The number of rotatable bonds is 4. The molecule has 0 aromatic carbocycles. The standard InChI is InChI=1S/C12H23NO3/c1-8(7-12(3,4)5)10(9(2)14)13-11(15)16-6/h8,10H,7H2,1-6H3,(H,13,15)/t8-,10+/m0/s1. The normalized spacial score (nSPS) is 15.1. The van der Waals surface area contributed by atoms with Crippen LogP contribution in [0.1, 0.15) is 41.0 Å². The highest BCUT2D eigenvalue weighted by atomic mass is 16.5. The van der Waals surface area contributed by atoms with Crippen molar-refractivity contribution in [2.45, 2.75) is 47.1 Å². The SMILES string of the molecule is COC(=O)N[C@@H](C(C)=O)[C@@H](C)CC(C)(C)C. The van der Waals surface area contributed by atoms with Crippen LogP contribution in [0.4, 0.5) is 4.79 Å². The molecular weight excluding hydrogens is 206 g/mol. The van der Waals surface area contributed by atoms with Crippen LogP contribution >= 0.6 is 0 Å². The van der Waals surface area contributed by atoms with E-state index in [-0.39, 0.29) is 17.1 Å². The number of carbonyl (C=O) groups is 2. The van der Waals surface area contributed by atoms with E-state index >= 15 is 0 Å². The molecule has 0 aromatic heterocycles. The van der Waals surface area contributed by atoms with E-state index in [0.29, 0.717) is 0 Å². The summed E-state index contributed by atoms with van der Waals surface area (Å²) < 4.78 is 4.51. The van der Waals surface area contributed by atoms with Gasteiger partial charge in [0.2, 0.25) is 0 Å². The van der Waals surface area contributed by atoms with Crippen LogP contribution in [0.3, 0.4) is 0 Å². The largest absolute Gasteiger partial charge is 0.453 e. The Hall–Kier alpha value is -1.06. The Morgan fingerprint density at radius 3 is 2.12 bits per heavy atom. The highest BCUT2D eigenvalue weighted by molar-refractivity contribution is 5.85. The summed E-state index contributed by atoms with van der Waals surface area (Å²) >= 11 is 0. The lowest BCUT2D eigenvalue weighted by Crippen LogP contribution is -2.45. The smallest absolute Gasteiger partial charge is 0.407 e. The van der Waals surface area contributed by atoms with Gasteiger partial charge in [0.05, 0.1) is 13.2 Å². The molecule has 0 bridgehead atoms. The molecule has 0 heterocycles. The van der Waals surface area contributed by atoms with Gasteiger partial charge >= 0.3 is 6.09 Å². The average Bonchev–Trinajstić information content (AvgIpc) is 2.09. The van der Waals surface area contributed by atoms with Gasteiger partial charge < -0.3 is 10.1 Å². The maximum Gasteiger partial charge on any atom is 0.407 e. The van der Waals surface area contributed by atoms with Crippen LogP contribution < -0.4 is 5.32 Å². The van der Waals surface area contributed by atoms with Crippen molar-refractivity contribution in [3.8, 4) is 0 Å². The number of amides is 1. The fourth-order valence-electron chi connectivity index (χ4n) is 1.91. The van der Waals surface area contributed by atoms with Gasteiger partial charge in [-0.1, -0.05) is 27.7 Å². The van der Waals surface area contributed by atoms with Crippen molar-refractivity contribution in [1.82, 2.24) is 5.32 Å². The maximum absolute atomic E-state index is 11.5. The number of ether oxygens (including phenoxy) is 1. The van der Waals surface area contributed by atoms with Gasteiger partial charge in [0.15, 0.2) is 5.78 Å². The third-order valence-electron chi connectivity index (χ3n) is 2.40. The lowest BCUT2D eigenvalue weighted by Gasteiger charge is -2.28. The zero-order chi connectivity index (χ0) is 12.9. The summed E-state index contributed by atoms with van der Waals surface area (Å²) in [7, 11) is 1.29. The van der Waals surface area contributed by atoms with E-state index in [0.717, 1.165) is 6.42 Å². The lowest BCUT2D eigenvalue weighted by molar-refractivity contribution is -0.120. The van der Waals surface area contributed by atoms with Gasteiger partial charge in [-0.2, -0.15) is 0 Å². The Morgan fingerprint density at radius 1 is 1.31 bits per heavy atom. The van der Waals surface area contributed by atoms with Gasteiger partial charge in [0, 0.05) is 0 Å². The van der Waals surface area contributed by atoms with Crippen molar-refractivity contribution in [3.63, 3.8) is 0 Å². The molecule has 4 nitrogen and oxygen atoms in total. The number of carbonyl (C=O) groups excluding carboxylic acids is 2. The highest BCUT2D eigenvalue weighted by Gasteiger charge is 2.27. The summed E-state index contributed by atoms with van der Waals surface area (Å²) in [6.07, 6.45) is 0.308. The Morgan fingerprint density at radius 2 is 1.81 bits per heavy atom. The molecule has 0 fully saturated rings. The van der Waals surface area contributed by atoms with Crippen LogP contribution in [0.5, 0.6) is 0 Å². The summed E-state index contributed by atoms with van der Waals surface area (Å²) in [5.74, 6) is 0.0544. The molecule has 0 spiro atoms. The first-order valence-corrected chi connectivity index (χ1v) is 5.52. The van der Waals surface area contributed by atoms with Crippen molar-refractivity contribution < 1.29 is 14.3 Å². The molecule has 0 aliphatic rings. The Balaban J connectivity index is 4.53. The van der Waals surface area contributed by atoms with E-state index in [1.807, 2.05) is 6.92 Å². The fourth-order valence-corrected chi connectivity index (χ4v) is 1.91. The molecule has 0 saturated heterocycles. The number of hydrogen-bond acceptors (Lipinski definition) is 3. The Bertz CT molecular complexity index is 255. The first-order valence-electron chi connectivity index (χ1n) is 5.52. The number of alkyl carbamates (subject to hydrolysis) is 1. The molecule has 0 aliphatic carbocycles. The maximum atomic E-state index is 11.5. The summed E-state index contributed by atoms with van der Waals surface area (Å²) in [4.78, 5) is 22.6. The number of ketones is 1. The van der Waals surface area contributed by atoms with Gasteiger partial charge in [0.1, 0.15) is 0 Å². The molecule has 0 aliphatic heterocycles. The lowest BCUT2D eigenvalue weighted by atomic mass is 9.81. The summed E-state index contributed by atoms with van der Waals surface area (Å²) in [6.45, 7) is 9.78.